The number of amides is 1. The molecule has 1 amide bonds. The zero-order valence-corrected chi connectivity index (χ0v) is 16.3. The van der Waals surface area contributed by atoms with Crippen molar-refractivity contribution in [3.05, 3.63) is 35.6 Å². The molecule has 0 saturated carbocycles. The van der Waals surface area contributed by atoms with Crippen molar-refractivity contribution in [3.8, 4) is 0 Å². The molecule has 1 aliphatic heterocycles. The Morgan fingerprint density at radius 3 is 2.54 bits per heavy atom. The third-order valence-electron chi connectivity index (χ3n) is 3.80. The number of piperazine rings is 1. The van der Waals surface area contributed by atoms with Gasteiger partial charge in [0.2, 0.25) is 5.91 Å². The summed E-state index contributed by atoms with van der Waals surface area (Å²) in [6.45, 7) is 5.77. The van der Waals surface area contributed by atoms with Gasteiger partial charge in [-0.1, -0.05) is 19.1 Å². The first-order valence-electron chi connectivity index (χ1n) is 7.69. The van der Waals surface area contributed by atoms with Crippen LogP contribution >= 0.6 is 36.6 Å². The highest BCUT2D eigenvalue weighted by atomic mass is 35.5. The van der Waals surface area contributed by atoms with E-state index in [-0.39, 0.29) is 36.5 Å². The van der Waals surface area contributed by atoms with Gasteiger partial charge in [-0.05, 0) is 23.4 Å². The predicted octanol–water partition coefficient (Wildman–Crippen LogP) is 2.39. The van der Waals surface area contributed by atoms with Gasteiger partial charge in [0.15, 0.2) is 0 Å². The van der Waals surface area contributed by atoms with Crippen LogP contribution in [-0.2, 0) is 11.3 Å². The number of nitrogens with two attached hydrogens (primary N) is 1. The lowest BCUT2D eigenvalue weighted by molar-refractivity contribution is -0.133. The van der Waals surface area contributed by atoms with Gasteiger partial charge in [-0.3, -0.25) is 9.69 Å². The molecule has 2 rings (SSSR count). The highest BCUT2D eigenvalue weighted by molar-refractivity contribution is 7.99. The molecule has 0 aromatic heterocycles. The van der Waals surface area contributed by atoms with Crippen LogP contribution in [0.15, 0.2) is 24.3 Å². The molecule has 4 nitrogen and oxygen atoms in total. The van der Waals surface area contributed by atoms with Gasteiger partial charge in [0, 0.05) is 38.5 Å². The fraction of sp³-hybridized carbons (Fsp3) is 0.562. The average molecular weight is 398 g/mol. The number of carbonyl (C=O) groups is 1. The molecule has 0 aliphatic carbocycles. The summed E-state index contributed by atoms with van der Waals surface area (Å²) in [4.78, 5) is 16.3. The topological polar surface area (TPSA) is 49.6 Å². The zero-order valence-electron chi connectivity index (χ0n) is 13.8. The number of nitrogens with zero attached hydrogens (tertiary/aromatic N) is 2. The van der Waals surface area contributed by atoms with E-state index in [0.29, 0.717) is 18.8 Å². The highest BCUT2D eigenvalue weighted by Gasteiger charge is 2.25. The molecule has 0 unspecified atom stereocenters. The van der Waals surface area contributed by atoms with Crippen LogP contribution in [0.2, 0.25) is 0 Å². The van der Waals surface area contributed by atoms with E-state index in [9.17, 15) is 9.18 Å². The first kappa shape index (κ1) is 23.5. The van der Waals surface area contributed by atoms with Gasteiger partial charge in [-0.2, -0.15) is 11.8 Å². The third-order valence-corrected chi connectivity index (χ3v) is 4.80. The van der Waals surface area contributed by atoms with Gasteiger partial charge in [0.05, 0.1) is 6.04 Å². The maximum absolute atomic E-state index is 13.2. The van der Waals surface area contributed by atoms with E-state index in [0.717, 1.165) is 31.0 Å². The van der Waals surface area contributed by atoms with Gasteiger partial charge in [0.1, 0.15) is 5.82 Å². The fourth-order valence-corrected chi connectivity index (χ4v) is 3.20. The Kier molecular flexibility index (Phi) is 11.7. The van der Waals surface area contributed by atoms with Crippen molar-refractivity contribution in [2.75, 3.05) is 37.7 Å². The van der Waals surface area contributed by atoms with Gasteiger partial charge >= 0.3 is 0 Å². The molecule has 1 aromatic rings. The lowest BCUT2D eigenvalue weighted by atomic mass is 10.2. The molecule has 1 heterocycles. The number of hydrogen-bond donors (Lipinski definition) is 1. The van der Waals surface area contributed by atoms with Crippen molar-refractivity contribution in [2.45, 2.75) is 19.5 Å². The molecule has 0 radical (unpaired) electrons. The van der Waals surface area contributed by atoms with Crippen molar-refractivity contribution in [3.63, 3.8) is 0 Å². The van der Waals surface area contributed by atoms with Crippen LogP contribution in [0.1, 0.15) is 12.5 Å². The Bertz CT molecular complexity index is 502. The summed E-state index contributed by atoms with van der Waals surface area (Å²) in [6, 6.07) is 6.28. The molecule has 0 bridgehead atoms. The first-order chi connectivity index (χ1) is 10.6. The maximum atomic E-state index is 13.2. The molecule has 0 spiro atoms. The standard InChI is InChI=1S/C16H24FN3OS.2ClH/c1-2-22-12-15(18)16(21)20-8-6-19(7-9-20)11-13-4-3-5-14(17)10-13;;/h3-5,10,15H,2,6-9,11-12,18H2,1H3;2*1H/t15-;;/m0../s1. The number of rotatable bonds is 6. The van der Waals surface area contributed by atoms with E-state index in [1.165, 1.54) is 6.07 Å². The van der Waals surface area contributed by atoms with Crippen molar-refractivity contribution >= 4 is 42.5 Å². The molecular weight excluding hydrogens is 372 g/mol. The highest BCUT2D eigenvalue weighted by Crippen LogP contribution is 2.11. The van der Waals surface area contributed by atoms with E-state index in [2.05, 4.69) is 11.8 Å². The van der Waals surface area contributed by atoms with Crippen LogP contribution in [0, 0.1) is 5.82 Å². The fourth-order valence-electron chi connectivity index (χ4n) is 2.57. The van der Waals surface area contributed by atoms with Gasteiger partial charge in [-0.25, -0.2) is 4.39 Å². The zero-order chi connectivity index (χ0) is 15.9. The lowest BCUT2D eigenvalue weighted by Crippen LogP contribution is -2.53. The molecule has 2 N–H and O–H groups in total. The van der Waals surface area contributed by atoms with Crippen LogP contribution in [0.5, 0.6) is 0 Å². The minimum absolute atomic E-state index is 0. The Morgan fingerprint density at radius 2 is 1.96 bits per heavy atom. The van der Waals surface area contributed by atoms with Crippen molar-refractivity contribution < 1.29 is 9.18 Å². The van der Waals surface area contributed by atoms with E-state index in [1.54, 1.807) is 23.9 Å². The summed E-state index contributed by atoms with van der Waals surface area (Å²) in [5.41, 5.74) is 6.91. The van der Waals surface area contributed by atoms with Crippen molar-refractivity contribution in [1.29, 1.82) is 0 Å². The van der Waals surface area contributed by atoms with E-state index >= 15 is 0 Å². The van der Waals surface area contributed by atoms with Gasteiger partial charge in [0.25, 0.3) is 0 Å². The molecule has 1 aliphatic rings. The smallest absolute Gasteiger partial charge is 0.240 e. The second-order valence-electron chi connectivity index (χ2n) is 5.50. The van der Waals surface area contributed by atoms with Crippen LogP contribution in [0.25, 0.3) is 0 Å². The summed E-state index contributed by atoms with van der Waals surface area (Å²) >= 11 is 1.69. The lowest BCUT2D eigenvalue weighted by Gasteiger charge is -2.35. The van der Waals surface area contributed by atoms with Gasteiger partial charge < -0.3 is 10.6 Å². The number of benzene rings is 1. The number of carbonyl (C=O) groups excluding carboxylic acids is 1. The average Bonchev–Trinajstić information content (AvgIpc) is 2.52. The minimum atomic E-state index is -0.403. The molecule has 1 fully saturated rings. The van der Waals surface area contributed by atoms with Crippen molar-refractivity contribution in [2.24, 2.45) is 5.73 Å². The molecular formula is C16H26Cl2FN3OS. The SMILES string of the molecule is CCSC[C@H](N)C(=O)N1CCN(Cc2cccc(F)c2)CC1.Cl.Cl. The molecule has 138 valence electrons. The molecule has 1 aromatic carbocycles. The van der Waals surface area contributed by atoms with E-state index < -0.39 is 6.04 Å². The quantitative estimate of drug-likeness (QED) is 0.800. The number of hydrogen-bond acceptors (Lipinski definition) is 4. The first-order valence-corrected chi connectivity index (χ1v) is 8.84. The van der Waals surface area contributed by atoms with E-state index in [1.807, 2.05) is 11.0 Å². The van der Waals surface area contributed by atoms with Crippen LogP contribution in [0.3, 0.4) is 0 Å². The second kappa shape index (κ2) is 11.9. The minimum Gasteiger partial charge on any atom is -0.339 e. The monoisotopic (exact) mass is 397 g/mol. The third kappa shape index (κ3) is 7.15. The summed E-state index contributed by atoms with van der Waals surface area (Å²) < 4.78 is 13.2. The molecule has 24 heavy (non-hydrogen) atoms. The molecule has 1 atom stereocenters. The number of halogens is 3. The summed E-state index contributed by atoms with van der Waals surface area (Å²) in [7, 11) is 0. The summed E-state index contributed by atoms with van der Waals surface area (Å²) in [5, 5.41) is 0. The largest absolute Gasteiger partial charge is 0.339 e. The number of thioether (sulfide) groups is 1. The Balaban J connectivity index is 0.00000264. The van der Waals surface area contributed by atoms with Crippen LogP contribution in [0.4, 0.5) is 4.39 Å². The van der Waals surface area contributed by atoms with E-state index in [4.69, 9.17) is 5.73 Å². The Labute approximate surface area is 160 Å². The van der Waals surface area contributed by atoms with Crippen LogP contribution in [-0.4, -0.2) is 59.4 Å². The Morgan fingerprint density at radius 1 is 1.29 bits per heavy atom. The Hall–Kier alpha value is -0.530. The van der Waals surface area contributed by atoms with Crippen molar-refractivity contribution in [1.82, 2.24) is 9.80 Å². The van der Waals surface area contributed by atoms with Gasteiger partial charge in [-0.15, -0.1) is 24.8 Å². The van der Waals surface area contributed by atoms with Crippen LogP contribution < -0.4 is 5.73 Å². The molecule has 1 saturated heterocycles. The normalized spacial score (nSPS) is 16.0. The second-order valence-corrected chi connectivity index (χ2v) is 6.82. The predicted molar refractivity (Wildman–Crippen MR) is 104 cm³/mol. The maximum Gasteiger partial charge on any atom is 0.240 e. The summed E-state index contributed by atoms with van der Waals surface area (Å²) in [6.07, 6.45) is 0. The summed E-state index contributed by atoms with van der Waals surface area (Å²) in [5.74, 6) is 1.50. The molecule has 8 heteroatoms.